The first-order valence-corrected chi connectivity index (χ1v) is 13.2. The molecule has 1 aliphatic carbocycles. The van der Waals surface area contributed by atoms with Crippen LogP contribution in [0.1, 0.15) is 55.5 Å². The number of nitrogens with two attached hydrogens (primary N) is 1. The van der Waals surface area contributed by atoms with E-state index >= 15 is 0 Å². The molecule has 7 nitrogen and oxygen atoms in total. The van der Waals surface area contributed by atoms with Crippen LogP contribution in [0.3, 0.4) is 0 Å². The summed E-state index contributed by atoms with van der Waals surface area (Å²) in [5.74, 6) is 0.380. The molecule has 2 N–H and O–H groups in total. The van der Waals surface area contributed by atoms with Crippen molar-refractivity contribution in [2.75, 3.05) is 6.61 Å². The lowest BCUT2D eigenvalue weighted by atomic mass is 9.81. The summed E-state index contributed by atoms with van der Waals surface area (Å²) in [6, 6.07) is 25.5. The van der Waals surface area contributed by atoms with E-state index < -0.39 is 17.1 Å². The van der Waals surface area contributed by atoms with Crippen molar-refractivity contribution in [3.8, 4) is 22.5 Å². The Morgan fingerprint density at radius 2 is 1.51 bits per heavy atom. The molecule has 7 heteroatoms. The van der Waals surface area contributed by atoms with Crippen molar-refractivity contribution in [3.05, 3.63) is 101 Å². The smallest absolute Gasteiger partial charge is 0.405 e. The molecule has 0 spiro atoms. The Labute approximate surface area is 227 Å². The highest BCUT2D eigenvalue weighted by Crippen LogP contribution is 2.49. The van der Waals surface area contributed by atoms with Crippen molar-refractivity contribution in [2.24, 2.45) is 5.73 Å². The van der Waals surface area contributed by atoms with Crippen LogP contribution in [-0.4, -0.2) is 23.8 Å². The zero-order valence-corrected chi connectivity index (χ0v) is 22.4. The summed E-state index contributed by atoms with van der Waals surface area (Å²) in [4.78, 5) is 24.5. The molecule has 39 heavy (non-hydrogen) atoms. The van der Waals surface area contributed by atoms with Crippen LogP contribution in [0, 0.1) is 6.92 Å². The molecule has 1 heterocycles. The Bertz CT molecular complexity index is 1470. The fraction of sp³-hybridized carbons (Fsp3) is 0.281. The van der Waals surface area contributed by atoms with Crippen LogP contribution in [0.25, 0.3) is 22.5 Å². The van der Waals surface area contributed by atoms with Crippen LogP contribution < -0.4 is 5.73 Å². The maximum Gasteiger partial charge on any atom is 0.405 e. The van der Waals surface area contributed by atoms with E-state index in [2.05, 4.69) is 5.16 Å². The zero-order valence-electron chi connectivity index (χ0n) is 22.4. The van der Waals surface area contributed by atoms with E-state index in [1.165, 1.54) is 0 Å². The van der Waals surface area contributed by atoms with Gasteiger partial charge in [0.2, 0.25) is 0 Å². The van der Waals surface area contributed by atoms with Crippen molar-refractivity contribution in [2.45, 2.75) is 51.0 Å². The van der Waals surface area contributed by atoms with Crippen LogP contribution in [0.4, 0.5) is 4.79 Å². The van der Waals surface area contributed by atoms with E-state index in [0.717, 1.165) is 40.7 Å². The summed E-state index contributed by atoms with van der Waals surface area (Å²) in [6.07, 6.45) is 1.20. The Kier molecular flexibility index (Phi) is 7.00. The lowest BCUT2D eigenvalue weighted by molar-refractivity contribution is -0.146. The van der Waals surface area contributed by atoms with E-state index in [1.807, 2.05) is 99.6 Å². The van der Waals surface area contributed by atoms with Gasteiger partial charge >= 0.3 is 12.1 Å². The van der Waals surface area contributed by atoms with Crippen molar-refractivity contribution in [1.82, 2.24) is 5.16 Å². The fourth-order valence-electron chi connectivity index (χ4n) is 5.43. The van der Waals surface area contributed by atoms with Gasteiger partial charge in [0, 0.05) is 11.1 Å². The molecule has 4 aromatic rings. The van der Waals surface area contributed by atoms with E-state index in [4.69, 9.17) is 19.7 Å². The number of hydrogen-bond acceptors (Lipinski definition) is 6. The SMILES string of the molecule is CCOC(=O)C1(c2ccc(-c3ccc(-c4onc(C)c4[C@@](CC)(OC(N)=O)c4ccccc4)cc3)cc2)CC1. The highest BCUT2D eigenvalue weighted by atomic mass is 16.6. The predicted octanol–water partition coefficient (Wildman–Crippen LogP) is 6.66. The van der Waals surface area contributed by atoms with Gasteiger partial charge in [-0.05, 0) is 49.8 Å². The first-order chi connectivity index (χ1) is 18.8. The number of esters is 1. The van der Waals surface area contributed by atoms with Gasteiger partial charge in [0.1, 0.15) is 0 Å². The summed E-state index contributed by atoms with van der Waals surface area (Å²) < 4.78 is 16.9. The molecule has 200 valence electrons. The standard InChI is InChI=1S/C32H32N2O5/c1-4-32(38-30(33)36,26-9-7-6-8-10-26)27-21(3)34-39-28(27)24-13-11-22(12-14-24)23-15-17-25(18-16-23)31(19-20-31)29(35)37-5-2/h6-18H,4-5,19-20H2,1-3H3,(H2,33,36)/t32-/m0/s1. The molecule has 1 atom stereocenters. The third-order valence-electron chi connectivity index (χ3n) is 7.61. The Morgan fingerprint density at radius 3 is 2.05 bits per heavy atom. The minimum absolute atomic E-state index is 0.140. The van der Waals surface area contributed by atoms with Crippen molar-refractivity contribution >= 4 is 12.1 Å². The number of hydrogen-bond donors (Lipinski definition) is 1. The molecule has 1 amide bonds. The van der Waals surface area contributed by atoms with Crippen molar-refractivity contribution < 1.29 is 23.6 Å². The van der Waals surface area contributed by atoms with Gasteiger partial charge in [-0.25, -0.2) is 4.79 Å². The first kappa shape index (κ1) is 26.2. The average molecular weight is 525 g/mol. The fourth-order valence-corrected chi connectivity index (χ4v) is 5.43. The van der Waals surface area contributed by atoms with Crippen LogP contribution in [-0.2, 0) is 25.3 Å². The molecule has 0 unspecified atom stereocenters. The molecule has 0 bridgehead atoms. The van der Waals surface area contributed by atoms with Crippen molar-refractivity contribution in [1.29, 1.82) is 0 Å². The molecule has 1 saturated carbocycles. The van der Waals surface area contributed by atoms with Gasteiger partial charge in [0.05, 0.1) is 23.3 Å². The topological polar surface area (TPSA) is 105 Å². The molecule has 1 fully saturated rings. The third-order valence-corrected chi connectivity index (χ3v) is 7.61. The van der Waals surface area contributed by atoms with E-state index in [1.54, 1.807) is 0 Å². The Hall–Kier alpha value is -4.39. The molecule has 0 saturated heterocycles. The van der Waals surface area contributed by atoms with Crippen LogP contribution in [0.2, 0.25) is 0 Å². The summed E-state index contributed by atoms with van der Waals surface area (Å²) >= 11 is 0. The molecular formula is C32H32N2O5. The normalized spacial score (nSPS) is 15.3. The Balaban J connectivity index is 1.48. The molecule has 1 aliphatic rings. The van der Waals surface area contributed by atoms with Gasteiger partial charge in [-0.2, -0.15) is 0 Å². The van der Waals surface area contributed by atoms with Gasteiger partial charge in [-0.1, -0.05) is 90.9 Å². The summed E-state index contributed by atoms with van der Waals surface area (Å²) in [5, 5.41) is 4.24. The molecule has 1 aromatic heterocycles. The average Bonchev–Trinajstić information content (AvgIpc) is 3.69. The van der Waals surface area contributed by atoms with Crippen LogP contribution in [0.15, 0.2) is 83.4 Å². The second kappa shape index (κ2) is 10.4. The highest BCUT2D eigenvalue weighted by molar-refractivity contribution is 5.87. The Morgan fingerprint density at radius 1 is 0.923 bits per heavy atom. The lowest BCUT2D eigenvalue weighted by Gasteiger charge is -2.32. The van der Waals surface area contributed by atoms with Gasteiger partial charge in [0.15, 0.2) is 11.4 Å². The van der Waals surface area contributed by atoms with Gasteiger partial charge < -0.3 is 19.7 Å². The minimum Gasteiger partial charge on any atom is -0.465 e. The highest BCUT2D eigenvalue weighted by Gasteiger charge is 2.52. The maximum atomic E-state index is 12.5. The van der Waals surface area contributed by atoms with E-state index in [9.17, 15) is 9.59 Å². The summed E-state index contributed by atoms with van der Waals surface area (Å²) in [6.45, 7) is 5.99. The first-order valence-electron chi connectivity index (χ1n) is 13.2. The minimum atomic E-state index is -1.15. The number of benzene rings is 3. The number of carbonyl (C=O) groups is 2. The quantitative estimate of drug-likeness (QED) is 0.246. The molecule has 3 aromatic carbocycles. The number of amides is 1. The predicted molar refractivity (Wildman–Crippen MR) is 148 cm³/mol. The lowest BCUT2D eigenvalue weighted by Crippen LogP contribution is -2.36. The van der Waals surface area contributed by atoms with Gasteiger partial charge in [0.25, 0.3) is 0 Å². The monoisotopic (exact) mass is 524 g/mol. The number of carbonyl (C=O) groups excluding carboxylic acids is 2. The molecular weight excluding hydrogens is 492 g/mol. The number of primary amides is 1. The zero-order chi connectivity index (χ0) is 27.6. The van der Waals surface area contributed by atoms with Gasteiger partial charge in [-0.3, -0.25) is 4.79 Å². The molecule has 5 rings (SSSR count). The van der Waals surface area contributed by atoms with Crippen molar-refractivity contribution in [3.63, 3.8) is 0 Å². The van der Waals surface area contributed by atoms with E-state index in [-0.39, 0.29) is 5.97 Å². The molecule has 0 radical (unpaired) electrons. The van der Waals surface area contributed by atoms with E-state index in [0.29, 0.717) is 30.0 Å². The molecule has 0 aliphatic heterocycles. The number of aryl methyl sites for hydroxylation is 1. The third kappa shape index (κ3) is 4.69. The largest absolute Gasteiger partial charge is 0.465 e. The number of nitrogens with zero attached hydrogens (tertiary/aromatic N) is 1. The number of aromatic nitrogens is 1. The summed E-state index contributed by atoms with van der Waals surface area (Å²) in [5.41, 5.74) is 9.82. The van der Waals surface area contributed by atoms with Crippen LogP contribution in [0.5, 0.6) is 0 Å². The summed E-state index contributed by atoms with van der Waals surface area (Å²) in [7, 11) is 0. The second-order valence-electron chi connectivity index (χ2n) is 9.90. The number of ether oxygens (including phenoxy) is 2. The van der Waals surface area contributed by atoms with Gasteiger partial charge in [-0.15, -0.1) is 0 Å². The second-order valence-corrected chi connectivity index (χ2v) is 9.90. The van der Waals surface area contributed by atoms with Crippen LogP contribution >= 0.6 is 0 Å². The number of rotatable bonds is 9. The maximum absolute atomic E-state index is 12.5.